The van der Waals surface area contributed by atoms with Crippen molar-refractivity contribution in [1.29, 1.82) is 0 Å². The summed E-state index contributed by atoms with van der Waals surface area (Å²) in [5, 5.41) is 0. The molecule has 1 aromatic heterocycles. The highest BCUT2D eigenvalue weighted by Crippen LogP contribution is 2.21. The first kappa shape index (κ1) is 23.3. The van der Waals surface area contributed by atoms with Crippen LogP contribution in [0.5, 0.6) is 5.75 Å². The number of carbonyl (C=O) groups excluding carboxylic acids is 2. The summed E-state index contributed by atoms with van der Waals surface area (Å²) < 4.78 is 32.9. The minimum absolute atomic E-state index is 0.0874. The molecule has 168 valence electrons. The summed E-state index contributed by atoms with van der Waals surface area (Å²) in [5.41, 5.74) is 5.80. The molecule has 0 aliphatic carbocycles. The number of amides is 2. The minimum atomic E-state index is -3.79. The van der Waals surface area contributed by atoms with E-state index in [9.17, 15) is 18.0 Å². The largest absolute Gasteiger partial charge is 0.494 e. The third-order valence-electron chi connectivity index (χ3n) is 4.42. The van der Waals surface area contributed by atoms with E-state index in [0.29, 0.717) is 23.6 Å². The summed E-state index contributed by atoms with van der Waals surface area (Å²) in [6.07, 6.45) is 0. The van der Waals surface area contributed by atoms with Gasteiger partial charge in [-0.05, 0) is 75.4 Å². The molecular weight excluding hydrogens is 450 g/mol. The molecule has 3 N–H and O–H groups in total. The highest BCUT2D eigenvalue weighted by Gasteiger charge is 2.16. The second-order valence-corrected chi connectivity index (χ2v) is 9.97. The molecule has 0 radical (unpaired) electrons. The van der Waals surface area contributed by atoms with Crippen LogP contribution in [0.1, 0.15) is 37.4 Å². The van der Waals surface area contributed by atoms with E-state index in [0.717, 1.165) is 9.75 Å². The van der Waals surface area contributed by atoms with Gasteiger partial charge in [-0.15, -0.1) is 11.3 Å². The lowest BCUT2D eigenvalue weighted by atomic mass is 10.2. The quantitative estimate of drug-likeness (QED) is 0.454. The summed E-state index contributed by atoms with van der Waals surface area (Å²) in [6.45, 7) is 6.07. The van der Waals surface area contributed by atoms with Gasteiger partial charge in [0.15, 0.2) is 0 Å². The van der Waals surface area contributed by atoms with Gasteiger partial charge in [0.1, 0.15) is 5.75 Å². The van der Waals surface area contributed by atoms with E-state index in [-0.39, 0.29) is 10.5 Å². The lowest BCUT2D eigenvalue weighted by Gasteiger charge is -2.10. The molecule has 1 heterocycles. The maximum Gasteiger partial charge on any atom is 0.270 e. The number of thiophene rings is 1. The fourth-order valence-corrected chi connectivity index (χ4v) is 4.87. The highest BCUT2D eigenvalue weighted by molar-refractivity contribution is 7.92. The molecule has 0 bridgehead atoms. The third kappa shape index (κ3) is 5.65. The van der Waals surface area contributed by atoms with Crippen molar-refractivity contribution >= 4 is 38.9 Å². The zero-order valence-electron chi connectivity index (χ0n) is 17.8. The number of aryl methyl sites for hydroxylation is 2. The molecular formula is C22H23N3O5S2. The molecule has 0 saturated heterocycles. The first-order valence-electron chi connectivity index (χ1n) is 9.73. The topological polar surface area (TPSA) is 114 Å². The van der Waals surface area contributed by atoms with Gasteiger partial charge in [-0.25, -0.2) is 8.42 Å². The number of sulfonamides is 1. The molecule has 10 heteroatoms. The number of benzene rings is 2. The van der Waals surface area contributed by atoms with E-state index in [1.165, 1.54) is 47.7 Å². The number of ether oxygens (including phenoxy) is 1. The average molecular weight is 474 g/mol. The molecule has 2 aromatic carbocycles. The number of hydrogen-bond acceptors (Lipinski definition) is 6. The summed E-state index contributed by atoms with van der Waals surface area (Å²) in [5.74, 6) is -0.345. The molecule has 8 nitrogen and oxygen atoms in total. The Hall–Kier alpha value is -3.37. The zero-order valence-corrected chi connectivity index (χ0v) is 19.4. The van der Waals surface area contributed by atoms with Crippen LogP contribution < -0.4 is 20.3 Å². The van der Waals surface area contributed by atoms with Crippen molar-refractivity contribution < 1.29 is 22.7 Å². The first-order chi connectivity index (χ1) is 15.2. The maximum atomic E-state index is 12.6. The third-order valence-corrected chi connectivity index (χ3v) is 6.78. The van der Waals surface area contributed by atoms with Crippen LogP contribution in [0.3, 0.4) is 0 Å². The van der Waals surface area contributed by atoms with Crippen LogP contribution in [0, 0.1) is 13.8 Å². The van der Waals surface area contributed by atoms with Crippen molar-refractivity contribution in [2.24, 2.45) is 0 Å². The molecule has 0 spiro atoms. The predicted octanol–water partition coefficient (Wildman–Crippen LogP) is 3.64. The van der Waals surface area contributed by atoms with Crippen LogP contribution in [0.2, 0.25) is 0 Å². The normalized spacial score (nSPS) is 11.0. The Morgan fingerprint density at radius 2 is 1.56 bits per heavy atom. The Morgan fingerprint density at radius 1 is 0.938 bits per heavy atom. The van der Waals surface area contributed by atoms with Crippen molar-refractivity contribution in [2.75, 3.05) is 11.3 Å². The number of nitrogens with one attached hydrogen (secondary N) is 3. The van der Waals surface area contributed by atoms with E-state index in [2.05, 4.69) is 15.6 Å². The number of hydrogen-bond donors (Lipinski definition) is 3. The summed E-state index contributed by atoms with van der Waals surface area (Å²) in [6, 6.07) is 13.7. The summed E-state index contributed by atoms with van der Waals surface area (Å²) in [4.78, 5) is 26.5. The van der Waals surface area contributed by atoms with Gasteiger partial charge in [0.2, 0.25) is 0 Å². The van der Waals surface area contributed by atoms with E-state index >= 15 is 0 Å². The van der Waals surface area contributed by atoms with Crippen LogP contribution in [0.25, 0.3) is 0 Å². The lowest BCUT2D eigenvalue weighted by Crippen LogP contribution is -2.41. The van der Waals surface area contributed by atoms with Crippen molar-refractivity contribution in [2.45, 2.75) is 25.7 Å². The van der Waals surface area contributed by atoms with Crippen molar-refractivity contribution in [1.82, 2.24) is 10.9 Å². The molecule has 0 aliphatic rings. The molecule has 0 atom stereocenters. The lowest BCUT2D eigenvalue weighted by molar-refractivity contribution is 0.0846. The standard InChI is InChI=1S/C22H23N3O5S2/c1-4-30-18-9-11-19(12-10-18)32(28,29)25-17-7-5-16(6-8-17)21(26)23-24-22(27)20-13-14(2)31-15(20)3/h5-13,25H,4H2,1-3H3,(H,23,26)(H,24,27). The Kier molecular flexibility index (Phi) is 7.16. The van der Waals surface area contributed by atoms with Crippen LogP contribution in [0.4, 0.5) is 5.69 Å². The Labute approximate surface area is 190 Å². The molecule has 0 unspecified atom stereocenters. The molecule has 2 amide bonds. The van der Waals surface area contributed by atoms with Crippen LogP contribution >= 0.6 is 11.3 Å². The van der Waals surface area contributed by atoms with Crippen molar-refractivity contribution in [3.8, 4) is 5.75 Å². The van der Waals surface area contributed by atoms with Crippen molar-refractivity contribution in [3.63, 3.8) is 0 Å². The number of hydrazine groups is 1. The Bertz CT molecular complexity index is 1220. The second kappa shape index (κ2) is 9.84. The summed E-state index contributed by atoms with van der Waals surface area (Å²) >= 11 is 1.50. The SMILES string of the molecule is CCOc1ccc(S(=O)(=O)Nc2ccc(C(=O)NNC(=O)c3cc(C)sc3C)cc2)cc1. The van der Waals surface area contributed by atoms with Crippen LogP contribution in [-0.4, -0.2) is 26.8 Å². The molecule has 0 fully saturated rings. The summed E-state index contributed by atoms with van der Waals surface area (Å²) in [7, 11) is -3.79. The zero-order chi connectivity index (χ0) is 23.3. The molecule has 32 heavy (non-hydrogen) atoms. The van der Waals surface area contributed by atoms with Crippen molar-refractivity contribution in [3.05, 3.63) is 75.5 Å². The number of rotatable bonds is 7. The number of anilines is 1. The Morgan fingerprint density at radius 3 is 2.12 bits per heavy atom. The maximum absolute atomic E-state index is 12.6. The van der Waals surface area contributed by atoms with Gasteiger partial charge in [0.05, 0.1) is 17.1 Å². The molecule has 3 aromatic rings. The fourth-order valence-electron chi connectivity index (χ4n) is 2.89. The van der Waals surface area contributed by atoms with Gasteiger partial charge in [-0.3, -0.25) is 25.2 Å². The van der Waals surface area contributed by atoms with E-state index < -0.39 is 21.8 Å². The predicted molar refractivity (Wildman–Crippen MR) is 124 cm³/mol. The second-order valence-electron chi connectivity index (χ2n) is 6.82. The minimum Gasteiger partial charge on any atom is -0.494 e. The van der Waals surface area contributed by atoms with E-state index in [1.54, 1.807) is 18.2 Å². The van der Waals surface area contributed by atoms with Gasteiger partial charge < -0.3 is 4.74 Å². The monoisotopic (exact) mass is 473 g/mol. The van der Waals surface area contributed by atoms with E-state index in [4.69, 9.17) is 4.74 Å². The average Bonchev–Trinajstić information content (AvgIpc) is 3.10. The highest BCUT2D eigenvalue weighted by atomic mass is 32.2. The molecule has 0 saturated carbocycles. The van der Waals surface area contributed by atoms with Gasteiger partial charge in [0, 0.05) is 21.0 Å². The number of carbonyl (C=O) groups is 2. The molecule has 3 rings (SSSR count). The van der Waals surface area contributed by atoms with Gasteiger partial charge >= 0.3 is 0 Å². The Balaban J connectivity index is 1.60. The van der Waals surface area contributed by atoms with Gasteiger partial charge in [-0.1, -0.05) is 0 Å². The smallest absolute Gasteiger partial charge is 0.270 e. The first-order valence-corrected chi connectivity index (χ1v) is 12.0. The van der Waals surface area contributed by atoms with Gasteiger partial charge in [-0.2, -0.15) is 0 Å². The molecule has 0 aliphatic heterocycles. The van der Waals surface area contributed by atoms with E-state index in [1.807, 2.05) is 20.8 Å². The van der Waals surface area contributed by atoms with Gasteiger partial charge in [0.25, 0.3) is 21.8 Å². The fraction of sp³-hybridized carbons (Fsp3) is 0.182. The van der Waals surface area contributed by atoms with Crippen LogP contribution in [0.15, 0.2) is 59.5 Å². The van der Waals surface area contributed by atoms with Crippen LogP contribution in [-0.2, 0) is 10.0 Å².